The lowest BCUT2D eigenvalue weighted by molar-refractivity contribution is -0.121. The number of nitrogens with one attached hydrogen (secondary N) is 1. The van der Waals surface area contributed by atoms with E-state index in [0.29, 0.717) is 23.9 Å². The molecule has 0 spiro atoms. The molecule has 1 N–H and O–H groups in total. The molecular weight excluding hydrogens is 368 g/mol. The van der Waals surface area contributed by atoms with Crippen molar-refractivity contribution in [3.63, 3.8) is 0 Å². The number of hydrogen-bond acceptors (Lipinski definition) is 3. The van der Waals surface area contributed by atoms with Gasteiger partial charge in [-0.15, -0.1) is 0 Å². The van der Waals surface area contributed by atoms with Crippen molar-refractivity contribution in [3.05, 3.63) is 57.2 Å². The molecule has 2 aromatic rings. The lowest BCUT2D eigenvalue weighted by atomic mass is 9.93. The molecule has 1 fully saturated rings. The van der Waals surface area contributed by atoms with Crippen LogP contribution in [0.25, 0.3) is 0 Å². The summed E-state index contributed by atoms with van der Waals surface area (Å²) < 4.78 is 0. The van der Waals surface area contributed by atoms with Crippen molar-refractivity contribution in [1.82, 2.24) is 10.2 Å². The molecule has 0 aliphatic carbocycles. The number of rotatable bonds is 6. The highest BCUT2D eigenvalue weighted by Gasteiger charge is 2.25. The van der Waals surface area contributed by atoms with Crippen molar-refractivity contribution in [2.75, 3.05) is 13.1 Å². The topological polar surface area (TPSA) is 49.4 Å². The van der Waals surface area contributed by atoms with Crippen molar-refractivity contribution in [3.8, 4) is 0 Å². The maximum atomic E-state index is 12.5. The molecule has 0 unspecified atom stereocenters. The van der Waals surface area contributed by atoms with Gasteiger partial charge in [0.1, 0.15) is 0 Å². The minimum atomic E-state index is 0.0335. The Labute approximate surface area is 163 Å². The van der Waals surface area contributed by atoms with E-state index in [1.807, 2.05) is 46.0 Å². The van der Waals surface area contributed by atoms with Gasteiger partial charge in [0.15, 0.2) is 0 Å². The number of thiophene rings is 1. The van der Waals surface area contributed by atoms with E-state index in [9.17, 15) is 9.59 Å². The van der Waals surface area contributed by atoms with Crippen LogP contribution in [0, 0.1) is 5.92 Å². The largest absolute Gasteiger partial charge is 0.352 e. The average Bonchev–Trinajstić information content (AvgIpc) is 3.20. The molecule has 26 heavy (non-hydrogen) atoms. The number of carbonyl (C=O) groups excluding carboxylic acids is 2. The number of benzene rings is 1. The van der Waals surface area contributed by atoms with Crippen LogP contribution in [0.1, 0.15) is 41.6 Å². The fourth-order valence-corrected chi connectivity index (χ4v) is 4.15. The third-order valence-corrected chi connectivity index (χ3v) is 5.84. The maximum Gasteiger partial charge on any atom is 0.254 e. The second-order valence-corrected chi connectivity index (χ2v) is 7.87. The van der Waals surface area contributed by atoms with Crippen LogP contribution in [0.2, 0.25) is 5.02 Å². The fraction of sp³-hybridized carbons (Fsp3) is 0.400. The molecule has 0 bridgehead atoms. The van der Waals surface area contributed by atoms with Crippen LogP contribution in [0.5, 0.6) is 0 Å². The Bertz CT molecular complexity index is 748. The molecule has 0 saturated carbocycles. The van der Waals surface area contributed by atoms with Gasteiger partial charge in [0.25, 0.3) is 5.91 Å². The Hall–Kier alpha value is -1.85. The number of likely N-dealkylation sites (tertiary alicyclic amines) is 1. The van der Waals surface area contributed by atoms with Gasteiger partial charge in [0.05, 0.1) is 5.56 Å². The van der Waals surface area contributed by atoms with Gasteiger partial charge in [-0.25, -0.2) is 0 Å². The first-order valence-corrected chi connectivity index (χ1v) is 10.3. The second-order valence-electron chi connectivity index (χ2n) is 6.68. The van der Waals surface area contributed by atoms with Gasteiger partial charge in [0.2, 0.25) is 5.91 Å². The molecule has 1 aromatic carbocycles. The molecule has 1 aliphatic heterocycles. The van der Waals surface area contributed by atoms with Crippen molar-refractivity contribution in [1.29, 1.82) is 0 Å². The number of piperidine rings is 1. The molecule has 0 radical (unpaired) electrons. The highest BCUT2D eigenvalue weighted by Crippen LogP contribution is 2.23. The minimum Gasteiger partial charge on any atom is -0.352 e. The zero-order valence-electron chi connectivity index (χ0n) is 14.6. The van der Waals surface area contributed by atoms with Gasteiger partial charge in [-0.1, -0.05) is 29.8 Å². The highest BCUT2D eigenvalue weighted by atomic mass is 35.5. The smallest absolute Gasteiger partial charge is 0.254 e. The van der Waals surface area contributed by atoms with E-state index in [-0.39, 0.29) is 11.8 Å². The first-order chi connectivity index (χ1) is 12.6. The minimum absolute atomic E-state index is 0.0335. The zero-order chi connectivity index (χ0) is 18.4. The van der Waals surface area contributed by atoms with Crippen LogP contribution < -0.4 is 5.32 Å². The van der Waals surface area contributed by atoms with Gasteiger partial charge in [-0.05, 0) is 48.3 Å². The van der Waals surface area contributed by atoms with Crippen molar-refractivity contribution in [2.24, 2.45) is 5.92 Å². The standard InChI is InChI=1S/C20H23ClN2O2S/c21-18-6-2-1-5-16(18)12-22-19(24)8-7-15-4-3-10-23(13-15)20(25)17-9-11-26-14-17/h1-2,5-6,9,11,14-15H,3-4,7-8,10,12-13H2,(H,22,24)/t15-/m0/s1. The van der Waals surface area contributed by atoms with Crippen LogP contribution in [-0.2, 0) is 11.3 Å². The lowest BCUT2D eigenvalue weighted by Crippen LogP contribution is -2.40. The quantitative estimate of drug-likeness (QED) is 0.797. The Balaban J connectivity index is 1.43. The van der Waals surface area contributed by atoms with Crippen molar-refractivity contribution < 1.29 is 9.59 Å². The summed E-state index contributed by atoms with van der Waals surface area (Å²) in [6.45, 7) is 2.00. The summed E-state index contributed by atoms with van der Waals surface area (Å²) in [7, 11) is 0. The van der Waals surface area contributed by atoms with Gasteiger partial charge in [-0.2, -0.15) is 11.3 Å². The molecule has 2 amide bonds. The van der Waals surface area contributed by atoms with E-state index in [2.05, 4.69) is 5.32 Å². The van der Waals surface area contributed by atoms with E-state index in [4.69, 9.17) is 11.6 Å². The summed E-state index contributed by atoms with van der Waals surface area (Å²) in [5.74, 6) is 0.530. The number of hydrogen-bond donors (Lipinski definition) is 1. The van der Waals surface area contributed by atoms with Crippen molar-refractivity contribution >= 4 is 34.8 Å². The third kappa shape index (κ3) is 5.08. The van der Waals surface area contributed by atoms with Crippen LogP contribution in [0.15, 0.2) is 41.1 Å². The maximum absolute atomic E-state index is 12.5. The summed E-state index contributed by atoms with van der Waals surface area (Å²) in [4.78, 5) is 26.5. The summed E-state index contributed by atoms with van der Waals surface area (Å²) in [6.07, 6.45) is 3.37. The molecule has 138 valence electrons. The zero-order valence-corrected chi connectivity index (χ0v) is 16.2. The van der Waals surface area contributed by atoms with E-state index >= 15 is 0 Å². The normalized spacial score (nSPS) is 17.1. The molecule has 1 atom stereocenters. The second kappa shape index (κ2) is 9.19. The van der Waals surface area contributed by atoms with Gasteiger partial charge >= 0.3 is 0 Å². The number of halogens is 1. The Morgan fingerprint density at radius 2 is 2.12 bits per heavy atom. The molecule has 3 rings (SSSR count). The number of amides is 2. The number of carbonyl (C=O) groups is 2. The van der Waals surface area contributed by atoms with Crippen LogP contribution in [0.3, 0.4) is 0 Å². The predicted molar refractivity (Wildman–Crippen MR) is 105 cm³/mol. The Morgan fingerprint density at radius 3 is 2.88 bits per heavy atom. The highest BCUT2D eigenvalue weighted by molar-refractivity contribution is 7.08. The molecule has 1 aromatic heterocycles. The average molecular weight is 391 g/mol. The third-order valence-electron chi connectivity index (χ3n) is 4.79. The van der Waals surface area contributed by atoms with Crippen LogP contribution in [-0.4, -0.2) is 29.8 Å². The molecular formula is C20H23ClN2O2S. The summed E-state index contributed by atoms with van der Waals surface area (Å²) in [6, 6.07) is 9.40. The van der Waals surface area contributed by atoms with E-state index in [0.717, 1.165) is 43.5 Å². The SMILES string of the molecule is O=C(CC[C@@H]1CCCN(C(=O)c2ccsc2)C1)NCc1ccccc1Cl. The number of nitrogens with zero attached hydrogens (tertiary/aromatic N) is 1. The van der Waals surface area contributed by atoms with Crippen molar-refractivity contribution in [2.45, 2.75) is 32.2 Å². The van der Waals surface area contributed by atoms with E-state index < -0.39 is 0 Å². The van der Waals surface area contributed by atoms with E-state index in [1.54, 1.807) is 11.3 Å². The first kappa shape index (κ1) is 18.9. The van der Waals surface area contributed by atoms with Gasteiger partial charge < -0.3 is 10.2 Å². The summed E-state index contributed by atoms with van der Waals surface area (Å²) in [5, 5.41) is 7.43. The monoisotopic (exact) mass is 390 g/mol. The van der Waals surface area contributed by atoms with Gasteiger partial charge in [-0.3, -0.25) is 9.59 Å². The molecule has 1 aliphatic rings. The fourth-order valence-electron chi connectivity index (χ4n) is 3.31. The summed E-state index contributed by atoms with van der Waals surface area (Å²) >= 11 is 7.65. The van der Waals surface area contributed by atoms with E-state index in [1.165, 1.54) is 0 Å². The molecule has 6 heteroatoms. The summed E-state index contributed by atoms with van der Waals surface area (Å²) in [5.41, 5.74) is 1.70. The Morgan fingerprint density at radius 1 is 1.27 bits per heavy atom. The molecule has 4 nitrogen and oxygen atoms in total. The first-order valence-electron chi connectivity index (χ1n) is 8.95. The van der Waals surface area contributed by atoms with Crippen LogP contribution in [0.4, 0.5) is 0 Å². The molecule has 1 saturated heterocycles. The predicted octanol–water partition coefficient (Wildman–Crippen LogP) is 4.35. The molecule has 2 heterocycles. The lowest BCUT2D eigenvalue weighted by Gasteiger charge is -2.32. The van der Waals surface area contributed by atoms with Gasteiger partial charge in [0, 0.05) is 36.5 Å². The van der Waals surface area contributed by atoms with Crippen LogP contribution >= 0.6 is 22.9 Å². The Kier molecular flexibility index (Phi) is 6.69.